The fourth-order valence-corrected chi connectivity index (χ4v) is 27.6. The normalized spacial score (nSPS) is 15.4. The Labute approximate surface area is 346 Å². The van der Waals surface area contributed by atoms with Gasteiger partial charge in [-0.15, -0.1) is 0 Å². The molecule has 0 aromatic heterocycles. The highest BCUT2D eigenvalue weighted by molar-refractivity contribution is 6.85. The van der Waals surface area contributed by atoms with Crippen LogP contribution in [-0.4, -0.2) is 92.9 Å². The van der Waals surface area contributed by atoms with E-state index in [4.69, 9.17) is 19.7 Å². The van der Waals surface area contributed by atoms with Gasteiger partial charge >= 0.3 is 0 Å². The third-order valence-corrected chi connectivity index (χ3v) is 27.3. The first-order chi connectivity index (χ1) is 27.3. The maximum Gasteiger partial charge on any atom is 0.261 e. The molecule has 7 rings (SSSR count). The van der Waals surface area contributed by atoms with Crippen molar-refractivity contribution >= 4 is 100.0 Å². The number of amides is 4. The van der Waals surface area contributed by atoms with Crippen LogP contribution in [0.5, 0.6) is 0 Å². The maximum absolute atomic E-state index is 14.1. The van der Waals surface area contributed by atoms with Gasteiger partial charge in [-0.2, -0.15) is 0 Å². The third-order valence-electron chi connectivity index (χ3n) is 12.2. The lowest BCUT2D eigenvalue weighted by Crippen LogP contribution is -2.45. The number of carbonyl (C=O) groups excluding carboxylic acids is 4. The molecule has 0 atom stereocenters. The molecule has 0 bridgehead atoms. The Kier molecular flexibility index (Phi) is 11.6. The minimum absolute atomic E-state index is 0.276. The predicted molar refractivity (Wildman–Crippen MR) is 246 cm³/mol. The first kappa shape index (κ1) is 42.5. The Morgan fingerprint density at radius 3 is 0.931 bits per heavy atom. The molecule has 0 radical (unpaired) electrons. The van der Waals surface area contributed by atoms with E-state index < -0.39 is 33.3 Å². The van der Waals surface area contributed by atoms with Gasteiger partial charge in [0, 0.05) is 46.1 Å². The van der Waals surface area contributed by atoms with E-state index in [1.165, 1.54) is 9.80 Å². The molecule has 58 heavy (non-hydrogen) atoms. The van der Waals surface area contributed by atoms with Crippen molar-refractivity contribution in [3.05, 3.63) is 70.8 Å². The predicted octanol–water partition coefficient (Wildman–Crippen LogP) is 9.26. The van der Waals surface area contributed by atoms with Crippen molar-refractivity contribution in [2.24, 2.45) is 11.5 Å². The summed E-state index contributed by atoms with van der Waals surface area (Å²) in [5.41, 5.74) is 13.6. The number of fused-ring (bicyclic) bond motifs is 2. The minimum Gasteiger partial charge on any atom is -0.455 e. The summed E-state index contributed by atoms with van der Waals surface area (Å²) in [4.78, 5) is 59.4. The summed E-state index contributed by atoms with van der Waals surface area (Å²) in [5, 5.41) is 6.61. The van der Waals surface area contributed by atoms with Crippen molar-refractivity contribution in [2.75, 3.05) is 26.2 Å². The summed E-state index contributed by atoms with van der Waals surface area (Å²) >= 11 is 0. The molecule has 5 aromatic carbocycles. The topological polar surface area (TPSA) is 145 Å². The monoisotopic (exact) mass is 852 g/mol. The van der Waals surface area contributed by atoms with Crippen LogP contribution in [-0.2, 0) is 8.23 Å². The van der Waals surface area contributed by atoms with Crippen LogP contribution >= 0.6 is 0 Å². The Morgan fingerprint density at radius 1 is 0.414 bits per heavy atom. The van der Waals surface area contributed by atoms with Gasteiger partial charge in [0.1, 0.15) is 0 Å². The lowest BCUT2D eigenvalue weighted by atomic mass is 9.82. The Hall–Kier alpha value is -3.61. The first-order valence-electron chi connectivity index (χ1n) is 21.0. The Bertz CT molecular complexity index is 2180. The Balaban J connectivity index is 1.16. The number of nitrogens with two attached hydrogens (primary N) is 2. The van der Waals surface area contributed by atoms with E-state index in [-0.39, 0.29) is 23.6 Å². The molecule has 2 aliphatic heterocycles. The average molecular weight is 853 g/mol. The zero-order chi connectivity index (χ0) is 41.9. The van der Waals surface area contributed by atoms with Gasteiger partial charge in [0.15, 0.2) is 33.3 Å². The number of rotatable bonds is 18. The lowest BCUT2D eigenvalue weighted by Gasteiger charge is -2.35. The molecule has 5 aromatic rings. The Morgan fingerprint density at radius 2 is 0.672 bits per heavy atom. The molecule has 0 aliphatic carbocycles. The van der Waals surface area contributed by atoms with E-state index in [1.54, 1.807) is 0 Å². The SMILES string of the molecule is C[Si](C)(CCCN)O[Si](C)(C)CCCN1C(=O)c2ccc3c4ccc5c6c(ccc(c7ccc(c2c37)C1=O)c64)C(=O)N(CCC[Si](C)(C)O[Si](C)(C)CCCN)C5=O. The first-order valence-corrected chi connectivity index (χ1v) is 33.5. The third kappa shape index (κ3) is 7.89. The van der Waals surface area contributed by atoms with E-state index in [1.807, 2.05) is 48.5 Å². The summed E-state index contributed by atoms with van der Waals surface area (Å²) in [6, 6.07) is 19.0. The number of benzene rings is 5. The van der Waals surface area contributed by atoms with E-state index >= 15 is 0 Å². The summed E-state index contributed by atoms with van der Waals surface area (Å²) < 4.78 is 13.5. The molecule has 2 aliphatic rings. The maximum atomic E-state index is 14.1. The molecule has 0 fully saturated rings. The molecular formula is C44H60N4O6Si4. The number of hydrogen-bond donors (Lipinski definition) is 2. The smallest absolute Gasteiger partial charge is 0.261 e. The molecule has 308 valence electrons. The molecular weight excluding hydrogens is 793 g/mol. The molecule has 14 heteroatoms. The van der Waals surface area contributed by atoms with E-state index in [0.29, 0.717) is 72.0 Å². The fraction of sp³-hybridized carbons (Fsp3) is 0.455. The molecule has 4 amide bonds. The molecule has 0 unspecified atom stereocenters. The van der Waals surface area contributed by atoms with Crippen LogP contribution in [0.4, 0.5) is 0 Å². The van der Waals surface area contributed by atoms with Gasteiger partial charge in [0.25, 0.3) is 23.6 Å². The summed E-state index contributed by atoms with van der Waals surface area (Å²) in [5.74, 6) is -1.11. The average Bonchev–Trinajstić information content (AvgIpc) is 3.15. The molecule has 0 saturated carbocycles. The molecule has 4 N–H and O–H groups in total. The van der Waals surface area contributed by atoms with Crippen molar-refractivity contribution in [1.82, 2.24) is 9.80 Å². The molecule has 10 nitrogen and oxygen atoms in total. The van der Waals surface area contributed by atoms with Crippen LogP contribution in [0.15, 0.2) is 48.5 Å². The highest BCUT2D eigenvalue weighted by Gasteiger charge is 2.39. The van der Waals surface area contributed by atoms with Crippen molar-refractivity contribution in [3.63, 3.8) is 0 Å². The summed E-state index contributed by atoms with van der Waals surface area (Å²) in [6.45, 7) is 19.9. The molecule has 2 heterocycles. The van der Waals surface area contributed by atoms with Crippen molar-refractivity contribution in [2.45, 2.75) is 102 Å². The van der Waals surface area contributed by atoms with Gasteiger partial charge in [-0.3, -0.25) is 29.0 Å². The van der Waals surface area contributed by atoms with Gasteiger partial charge in [0.2, 0.25) is 0 Å². The number of imide groups is 2. The van der Waals surface area contributed by atoms with Gasteiger partial charge < -0.3 is 19.7 Å². The highest BCUT2D eigenvalue weighted by atomic mass is 28.4. The van der Waals surface area contributed by atoms with Crippen LogP contribution in [0.2, 0.25) is 76.6 Å². The van der Waals surface area contributed by atoms with Gasteiger partial charge in [-0.1, -0.05) is 24.3 Å². The minimum atomic E-state index is -2.03. The van der Waals surface area contributed by atoms with Crippen LogP contribution in [0.1, 0.15) is 67.1 Å². The largest absolute Gasteiger partial charge is 0.455 e. The zero-order valence-electron chi connectivity index (χ0n) is 35.6. The standard InChI is InChI=1S/C44H60N4O6Si4/c1-55(2,25-9-21-45)53-57(5,6)27-11-23-47-41(49)33-17-13-29-31-15-19-35-40-36(20-16-32(38(31)40)30-14-18-34(42(47)50)39(33)37(29)30)44(52)48(43(35)51)24-12-28-58(7,8)54-56(3,4)26-10-22-46/h13-20H,9-12,21-28,45-46H2,1-8H3. The quantitative estimate of drug-likeness (QED) is 0.0384. The summed E-state index contributed by atoms with van der Waals surface area (Å²) in [7, 11) is -7.75. The number of hydrogen-bond acceptors (Lipinski definition) is 8. The van der Waals surface area contributed by atoms with Crippen LogP contribution < -0.4 is 11.5 Å². The van der Waals surface area contributed by atoms with Crippen molar-refractivity contribution in [3.8, 4) is 0 Å². The van der Waals surface area contributed by atoms with Crippen LogP contribution in [0, 0.1) is 0 Å². The highest BCUT2D eigenvalue weighted by Crippen LogP contribution is 2.46. The second-order valence-corrected chi connectivity index (χ2v) is 36.6. The van der Waals surface area contributed by atoms with Gasteiger partial charge in [0.05, 0.1) is 0 Å². The second kappa shape index (κ2) is 15.8. The van der Waals surface area contributed by atoms with E-state index in [9.17, 15) is 19.2 Å². The fourth-order valence-electron chi connectivity index (χ4n) is 9.86. The molecule has 0 saturated heterocycles. The molecule has 0 spiro atoms. The second-order valence-electron chi connectivity index (χ2n) is 18.9. The lowest BCUT2D eigenvalue weighted by molar-refractivity contribution is 0.0595. The van der Waals surface area contributed by atoms with Gasteiger partial charge in [-0.05, 0) is 172 Å². The van der Waals surface area contributed by atoms with Crippen molar-refractivity contribution in [1.29, 1.82) is 0 Å². The summed E-state index contributed by atoms with van der Waals surface area (Å²) in [6.07, 6.45) is 3.29. The van der Waals surface area contributed by atoms with Crippen LogP contribution in [0.3, 0.4) is 0 Å². The van der Waals surface area contributed by atoms with Crippen LogP contribution in [0.25, 0.3) is 43.1 Å². The number of carbonyl (C=O) groups is 4. The van der Waals surface area contributed by atoms with Crippen molar-refractivity contribution < 1.29 is 27.4 Å². The zero-order valence-corrected chi connectivity index (χ0v) is 39.6. The van der Waals surface area contributed by atoms with E-state index in [2.05, 4.69) is 52.4 Å². The number of nitrogens with zero attached hydrogens (tertiary/aromatic N) is 2. The van der Waals surface area contributed by atoms with E-state index in [0.717, 1.165) is 69.3 Å². The van der Waals surface area contributed by atoms with Gasteiger partial charge in [-0.25, -0.2) is 0 Å².